The number of benzene rings is 1. The fraction of sp³-hybridized carbons (Fsp3) is 0.679. The predicted molar refractivity (Wildman–Crippen MR) is 161 cm³/mol. The molecule has 0 radical (unpaired) electrons. The van der Waals surface area contributed by atoms with Gasteiger partial charge in [-0.3, -0.25) is 4.79 Å². The van der Waals surface area contributed by atoms with E-state index in [4.69, 9.17) is 29.2 Å². The number of alkyl carbamates (subject to hydrolysis) is 1. The maximum Gasteiger partial charge on any atom is 0.407 e. The summed E-state index contributed by atoms with van der Waals surface area (Å²) in [6.45, 7) is 3.87. The second-order valence-corrected chi connectivity index (χ2v) is 11.4. The van der Waals surface area contributed by atoms with Crippen LogP contribution in [0.3, 0.4) is 0 Å². The molecule has 2 N–H and O–H groups in total. The Bertz CT molecular complexity index is 1070. The van der Waals surface area contributed by atoms with Crippen LogP contribution in [0.15, 0.2) is 40.3 Å². The number of unbranched alkanes of at least 4 members (excludes halogenated alkanes) is 2. The molecule has 1 rings (SSSR count). The van der Waals surface area contributed by atoms with Gasteiger partial charge in [0.1, 0.15) is 12.4 Å². The molecule has 0 saturated heterocycles. The van der Waals surface area contributed by atoms with Crippen LogP contribution in [0.5, 0.6) is 0 Å². The average molecular weight is 644 g/mol. The van der Waals surface area contributed by atoms with E-state index in [-0.39, 0.29) is 42.5 Å². The van der Waals surface area contributed by atoms with Crippen molar-refractivity contribution in [3.8, 4) is 0 Å². The first-order valence-electron chi connectivity index (χ1n) is 14.6. The number of hydrogen-bond acceptors (Lipinski definition) is 11. The summed E-state index contributed by atoms with van der Waals surface area (Å²) < 4.78 is 52.3. The Morgan fingerprint density at radius 2 is 1.50 bits per heavy atom. The van der Waals surface area contributed by atoms with Crippen molar-refractivity contribution in [2.75, 3.05) is 78.2 Å². The second kappa shape index (κ2) is 26.2. The highest BCUT2D eigenvalue weighted by Gasteiger charge is 2.24. The Kier molecular flexibility index (Phi) is 23.0. The molecule has 1 unspecified atom stereocenters. The van der Waals surface area contributed by atoms with E-state index in [1.807, 2.05) is 0 Å². The van der Waals surface area contributed by atoms with Crippen molar-refractivity contribution in [2.24, 2.45) is 5.11 Å². The van der Waals surface area contributed by atoms with Crippen molar-refractivity contribution in [1.29, 1.82) is 0 Å². The highest BCUT2D eigenvalue weighted by molar-refractivity contribution is 7.91. The molecule has 0 fully saturated rings. The normalized spacial score (nSPS) is 11.7. The molecule has 248 valence electrons. The van der Waals surface area contributed by atoms with Gasteiger partial charge in [0.2, 0.25) is 5.91 Å². The van der Waals surface area contributed by atoms with Crippen molar-refractivity contribution >= 4 is 28.1 Å². The number of ether oxygens (including phenoxy) is 5. The first-order valence-corrected chi connectivity index (χ1v) is 16.3. The molecule has 0 aliphatic rings. The maximum atomic E-state index is 12.8. The lowest BCUT2D eigenvalue weighted by molar-refractivity contribution is -0.122. The van der Waals surface area contributed by atoms with Crippen LogP contribution >= 0.6 is 0 Å². The molecule has 1 aromatic rings. The van der Waals surface area contributed by atoms with E-state index < -0.39 is 22.0 Å². The van der Waals surface area contributed by atoms with Gasteiger partial charge in [0.05, 0.1) is 63.5 Å². The quantitative estimate of drug-likeness (QED) is 0.0449. The summed E-state index contributed by atoms with van der Waals surface area (Å²) in [6.07, 6.45) is 1.68. The molecule has 1 aromatic carbocycles. The van der Waals surface area contributed by atoms with E-state index in [0.717, 1.165) is 0 Å². The van der Waals surface area contributed by atoms with Crippen LogP contribution in [0, 0.1) is 0 Å². The molecule has 2 amide bonds. The van der Waals surface area contributed by atoms with Gasteiger partial charge in [0, 0.05) is 37.4 Å². The van der Waals surface area contributed by atoms with Gasteiger partial charge in [0.15, 0.2) is 9.84 Å². The zero-order valence-electron chi connectivity index (χ0n) is 25.1. The molecule has 0 aromatic heterocycles. The van der Waals surface area contributed by atoms with Crippen LogP contribution in [0.1, 0.15) is 38.5 Å². The highest BCUT2D eigenvalue weighted by atomic mass is 32.2. The highest BCUT2D eigenvalue weighted by Crippen LogP contribution is 2.16. The van der Waals surface area contributed by atoms with Gasteiger partial charge in [-0.05, 0) is 36.9 Å². The summed E-state index contributed by atoms with van der Waals surface area (Å²) in [4.78, 5) is 37.3. The monoisotopic (exact) mass is 643 g/mol. The lowest BCUT2D eigenvalue weighted by Gasteiger charge is -2.18. The molecule has 0 bridgehead atoms. The number of azide groups is 1. The summed E-state index contributed by atoms with van der Waals surface area (Å²) >= 11 is 0. The maximum absolute atomic E-state index is 12.8. The lowest BCUT2D eigenvalue weighted by atomic mass is 10.1. The summed E-state index contributed by atoms with van der Waals surface area (Å²) in [6, 6.07) is 7.96. The molecule has 0 saturated carbocycles. The molecular weight excluding hydrogens is 598 g/mol. The van der Waals surface area contributed by atoms with Gasteiger partial charge in [-0.25, -0.2) is 13.2 Å². The topological polar surface area (TPSA) is 204 Å². The van der Waals surface area contributed by atoms with Crippen LogP contribution in [0.4, 0.5) is 4.79 Å². The van der Waals surface area contributed by atoms with Crippen molar-refractivity contribution in [1.82, 2.24) is 10.6 Å². The van der Waals surface area contributed by atoms with E-state index >= 15 is 0 Å². The van der Waals surface area contributed by atoms with Crippen LogP contribution < -0.4 is 10.6 Å². The SMILES string of the molecule is [N-]=[N+]=NCCOCCOCCOCCOCCC(=O)NCCCCCC(CS(=O)(=O)c1ccccc1)OC(=O)NCCC=O. The molecule has 0 heterocycles. The zero-order valence-corrected chi connectivity index (χ0v) is 25.9. The van der Waals surface area contributed by atoms with E-state index in [1.165, 1.54) is 12.1 Å². The largest absolute Gasteiger partial charge is 0.445 e. The molecular formula is C28H45N5O10S. The first-order chi connectivity index (χ1) is 21.4. The third-order valence-electron chi connectivity index (χ3n) is 5.83. The van der Waals surface area contributed by atoms with Gasteiger partial charge < -0.3 is 39.1 Å². The molecule has 0 spiro atoms. The smallest absolute Gasteiger partial charge is 0.407 e. The third kappa shape index (κ3) is 21.4. The Labute approximate surface area is 258 Å². The number of aldehydes is 1. The molecule has 1 atom stereocenters. The number of sulfone groups is 1. The Morgan fingerprint density at radius 3 is 2.14 bits per heavy atom. The van der Waals surface area contributed by atoms with Gasteiger partial charge in [-0.1, -0.05) is 29.7 Å². The first kappa shape index (κ1) is 38.8. The van der Waals surface area contributed by atoms with Gasteiger partial charge in [-0.15, -0.1) is 0 Å². The molecule has 16 heteroatoms. The van der Waals surface area contributed by atoms with Crippen LogP contribution in [-0.4, -0.2) is 111 Å². The van der Waals surface area contributed by atoms with Crippen LogP contribution in [0.2, 0.25) is 0 Å². The number of hydrogen-bond donors (Lipinski definition) is 2. The molecule has 0 aliphatic carbocycles. The van der Waals surface area contributed by atoms with Gasteiger partial charge in [0.25, 0.3) is 0 Å². The minimum absolute atomic E-state index is 0.107. The van der Waals surface area contributed by atoms with E-state index in [2.05, 4.69) is 20.7 Å². The Hall–Kier alpha value is -3.27. The van der Waals surface area contributed by atoms with Crippen molar-refractivity contribution in [3.05, 3.63) is 40.8 Å². The molecule has 44 heavy (non-hydrogen) atoms. The molecule has 15 nitrogen and oxygen atoms in total. The van der Waals surface area contributed by atoms with Gasteiger partial charge in [-0.2, -0.15) is 0 Å². The fourth-order valence-electron chi connectivity index (χ4n) is 3.64. The number of carbonyl (C=O) groups excluding carboxylic acids is 3. The average Bonchev–Trinajstić information content (AvgIpc) is 3.01. The predicted octanol–water partition coefficient (Wildman–Crippen LogP) is 2.59. The number of rotatable bonds is 28. The van der Waals surface area contributed by atoms with Crippen molar-refractivity contribution in [2.45, 2.75) is 49.5 Å². The Morgan fingerprint density at radius 1 is 0.864 bits per heavy atom. The van der Waals surface area contributed by atoms with E-state index in [0.29, 0.717) is 91.3 Å². The third-order valence-corrected chi connectivity index (χ3v) is 7.63. The summed E-state index contributed by atoms with van der Waals surface area (Å²) in [7, 11) is -3.67. The Balaban J connectivity index is 2.13. The molecule has 0 aliphatic heterocycles. The number of amides is 2. The standard InChI is InChI=1S/C28H45N5O10S/c29-33-32-14-17-40-19-21-42-23-22-41-20-18-39-16-11-27(35)30-12-6-2-3-8-25(43-28(36)31-13-7-15-34)24-44(37,38)26-9-4-1-5-10-26/h1,4-5,9-10,15,25H,2-3,6-8,11-14,16-24H2,(H,30,35)(H,31,36). The fourth-order valence-corrected chi connectivity index (χ4v) is 5.13. The minimum Gasteiger partial charge on any atom is -0.445 e. The number of carbonyl (C=O) groups is 3. The second-order valence-electron chi connectivity index (χ2n) is 9.36. The van der Waals surface area contributed by atoms with Crippen LogP contribution in [0.25, 0.3) is 10.4 Å². The summed E-state index contributed by atoms with van der Waals surface area (Å²) in [5.41, 5.74) is 8.14. The van der Waals surface area contributed by atoms with Gasteiger partial charge >= 0.3 is 6.09 Å². The minimum atomic E-state index is -3.67. The van der Waals surface area contributed by atoms with E-state index in [9.17, 15) is 22.8 Å². The number of nitrogens with zero attached hydrogens (tertiary/aromatic N) is 3. The summed E-state index contributed by atoms with van der Waals surface area (Å²) in [5, 5.41) is 8.62. The van der Waals surface area contributed by atoms with Crippen molar-refractivity contribution in [3.63, 3.8) is 0 Å². The zero-order chi connectivity index (χ0) is 32.1. The van der Waals surface area contributed by atoms with Crippen molar-refractivity contribution < 1.29 is 46.5 Å². The van der Waals surface area contributed by atoms with Crippen LogP contribution in [-0.2, 0) is 43.1 Å². The van der Waals surface area contributed by atoms with E-state index in [1.54, 1.807) is 18.2 Å². The number of nitrogens with one attached hydrogen (secondary N) is 2. The lowest BCUT2D eigenvalue weighted by Crippen LogP contribution is -2.33. The summed E-state index contributed by atoms with van der Waals surface area (Å²) in [5.74, 6) is -0.492.